The van der Waals surface area contributed by atoms with Gasteiger partial charge in [0.2, 0.25) is 5.91 Å². The van der Waals surface area contributed by atoms with Crippen molar-refractivity contribution >= 4 is 5.91 Å². The Morgan fingerprint density at radius 2 is 1.83 bits per heavy atom. The molecule has 0 saturated heterocycles. The molecule has 3 nitrogen and oxygen atoms in total. The van der Waals surface area contributed by atoms with Crippen LogP contribution in [0.15, 0.2) is 48.5 Å². The van der Waals surface area contributed by atoms with Crippen molar-refractivity contribution in [3.63, 3.8) is 0 Å². The first-order chi connectivity index (χ1) is 11.0. The SMILES string of the molecule is Cc1ccc(C)c(CC(=O)NC(C)C(O)Cc2ccccc2)c1. The number of carbonyl (C=O) groups is 1. The van der Waals surface area contributed by atoms with Crippen molar-refractivity contribution in [3.05, 3.63) is 70.8 Å². The summed E-state index contributed by atoms with van der Waals surface area (Å²) in [5.74, 6) is -0.0571. The summed E-state index contributed by atoms with van der Waals surface area (Å²) < 4.78 is 0. The molecule has 2 unspecified atom stereocenters. The number of hydrogen-bond donors (Lipinski definition) is 2. The fraction of sp³-hybridized carbons (Fsp3) is 0.350. The zero-order valence-corrected chi connectivity index (χ0v) is 14.0. The lowest BCUT2D eigenvalue weighted by Gasteiger charge is -2.20. The molecule has 0 aromatic heterocycles. The second kappa shape index (κ2) is 7.93. The molecule has 0 spiro atoms. The summed E-state index contributed by atoms with van der Waals surface area (Å²) in [6.07, 6.45) is 0.279. The van der Waals surface area contributed by atoms with E-state index in [1.54, 1.807) is 0 Å². The third-order valence-electron chi connectivity index (χ3n) is 4.11. The van der Waals surface area contributed by atoms with Gasteiger partial charge in [-0.05, 0) is 37.5 Å². The fourth-order valence-corrected chi connectivity index (χ4v) is 2.60. The molecular weight excluding hydrogens is 286 g/mol. The highest BCUT2D eigenvalue weighted by atomic mass is 16.3. The molecule has 0 heterocycles. The Bertz CT molecular complexity index is 652. The number of hydrogen-bond acceptors (Lipinski definition) is 2. The molecule has 0 aliphatic carbocycles. The van der Waals surface area contributed by atoms with Crippen LogP contribution in [0.25, 0.3) is 0 Å². The summed E-state index contributed by atoms with van der Waals surface area (Å²) >= 11 is 0. The van der Waals surface area contributed by atoms with Gasteiger partial charge in [0.15, 0.2) is 0 Å². The third-order valence-corrected chi connectivity index (χ3v) is 4.11. The van der Waals surface area contributed by atoms with E-state index in [0.29, 0.717) is 12.8 Å². The lowest BCUT2D eigenvalue weighted by Crippen LogP contribution is -2.42. The van der Waals surface area contributed by atoms with Crippen molar-refractivity contribution in [1.29, 1.82) is 0 Å². The van der Waals surface area contributed by atoms with Crippen molar-refractivity contribution in [3.8, 4) is 0 Å². The molecule has 0 aliphatic heterocycles. The van der Waals surface area contributed by atoms with Gasteiger partial charge in [0.25, 0.3) is 0 Å². The van der Waals surface area contributed by atoms with E-state index in [4.69, 9.17) is 0 Å². The van der Waals surface area contributed by atoms with Gasteiger partial charge in [-0.2, -0.15) is 0 Å². The number of nitrogens with one attached hydrogen (secondary N) is 1. The normalized spacial score (nSPS) is 13.4. The Labute approximate surface area is 138 Å². The first-order valence-electron chi connectivity index (χ1n) is 8.03. The molecule has 23 heavy (non-hydrogen) atoms. The van der Waals surface area contributed by atoms with Gasteiger partial charge in [0.1, 0.15) is 0 Å². The van der Waals surface area contributed by atoms with E-state index in [1.807, 2.05) is 69.3 Å². The molecule has 0 bridgehead atoms. The molecule has 2 atom stereocenters. The summed E-state index contributed by atoms with van der Waals surface area (Å²) in [5, 5.41) is 13.2. The van der Waals surface area contributed by atoms with Gasteiger partial charge >= 0.3 is 0 Å². The van der Waals surface area contributed by atoms with Crippen LogP contribution in [0.2, 0.25) is 0 Å². The molecule has 0 aliphatic rings. The number of carbonyl (C=O) groups excluding carboxylic acids is 1. The first-order valence-corrected chi connectivity index (χ1v) is 8.03. The number of benzene rings is 2. The van der Waals surface area contributed by atoms with Crippen molar-refractivity contribution < 1.29 is 9.90 Å². The fourth-order valence-electron chi connectivity index (χ4n) is 2.60. The molecule has 2 N–H and O–H groups in total. The largest absolute Gasteiger partial charge is 0.391 e. The minimum atomic E-state index is -0.597. The number of amides is 1. The molecule has 2 aromatic carbocycles. The van der Waals surface area contributed by atoms with E-state index >= 15 is 0 Å². The van der Waals surface area contributed by atoms with Crippen LogP contribution in [-0.2, 0) is 17.6 Å². The Morgan fingerprint density at radius 3 is 2.52 bits per heavy atom. The highest BCUT2D eigenvalue weighted by Gasteiger charge is 2.17. The molecule has 0 fully saturated rings. The Kier molecular flexibility index (Phi) is 5.94. The summed E-state index contributed by atoms with van der Waals surface area (Å²) in [7, 11) is 0. The van der Waals surface area contributed by atoms with Gasteiger partial charge in [-0.15, -0.1) is 0 Å². The molecule has 0 saturated carbocycles. The van der Waals surface area contributed by atoms with Crippen molar-refractivity contribution in [2.45, 2.75) is 45.8 Å². The monoisotopic (exact) mass is 311 g/mol. The van der Waals surface area contributed by atoms with E-state index in [9.17, 15) is 9.90 Å². The lowest BCUT2D eigenvalue weighted by molar-refractivity contribution is -0.121. The van der Waals surface area contributed by atoms with Crippen molar-refractivity contribution in [2.75, 3.05) is 0 Å². The first kappa shape index (κ1) is 17.2. The van der Waals surface area contributed by atoms with E-state index in [1.165, 1.54) is 0 Å². The molecular formula is C20H25NO2. The van der Waals surface area contributed by atoms with Crippen LogP contribution in [0.4, 0.5) is 0 Å². The molecule has 122 valence electrons. The maximum atomic E-state index is 12.2. The second-order valence-electron chi connectivity index (χ2n) is 6.22. The maximum Gasteiger partial charge on any atom is 0.224 e. The summed E-state index contributed by atoms with van der Waals surface area (Å²) in [5.41, 5.74) is 4.36. The molecule has 2 aromatic rings. The highest BCUT2D eigenvalue weighted by Crippen LogP contribution is 2.12. The van der Waals surface area contributed by atoms with Crippen LogP contribution in [0.3, 0.4) is 0 Å². The Hall–Kier alpha value is -2.13. The molecule has 0 radical (unpaired) electrons. The van der Waals surface area contributed by atoms with Crippen LogP contribution in [0, 0.1) is 13.8 Å². The van der Waals surface area contributed by atoms with Gasteiger partial charge in [-0.25, -0.2) is 0 Å². The number of aryl methyl sites for hydroxylation is 2. The number of aliphatic hydroxyl groups excluding tert-OH is 1. The van der Waals surface area contributed by atoms with Crippen molar-refractivity contribution in [1.82, 2.24) is 5.32 Å². The van der Waals surface area contributed by atoms with E-state index in [0.717, 1.165) is 22.3 Å². The zero-order chi connectivity index (χ0) is 16.8. The minimum Gasteiger partial charge on any atom is -0.391 e. The number of aliphatic hydroxyl groups is 1. The van der Waals surface area contributed by atoms with Gasteiger partial charge in [0, 0.05) is 6.42 Å². The van der Waals surface area contributed by atoms with E-state index < -0.39 is 6.10 Å². The average molecular weight is 311 g/mol. The topological polar surface area (TPSA) is 49.3 Å². The molecule has 3 heteroatoms. The standard InChI is InChI=1S/C20H25NO2/c1-14-9-10-15(2)18(11-14)13-20(23)21-16(3)19(22)12-17-7-5-4-6-8-17/h4-11,16,19,22H,12-13H2,1-3H3,(H,21,23). The zero-order valence-electron chi connectivity index (χ0n) is 14.0. The molecule has 2 rings (SSSR count). The van der Waals surface area contributed by atoms with Crippen molar-refractivity contribution in [2.24, 2.45) is 0 Å². The average Bonchev–Trinajstić information content (AvgIpc) is 2.51. The summed E-state index contributed by atoms with van der Waals surface area (Å²) in [4.78, 5) is 12.2. The lowest BCUT2D eigenvalue weighted by atomic mass is 10.0. The smallest absolute Gasteiger partial charge is 0.224 e. The highest BCUT2D eigenvalue weighted by molar-refractivity contribution is 5.79. The Balaban J connectivity index is 1.90. The van der Waals surface area contributed by atoms with Crippen LogP contribution in [-0.4, -0.2) is 23.2 Å². The maximum absolute atomic E-state index is 12.2. The predicted octanol–water partition coefficient (Wildman–Crippen LogP) is 2.95. The van der Waals surface area contributed by atoms with Crippen LogP contribution < -0.4 is 5.32 Å². The van der Waals surface area contributed by atoms with E-state index in [-0.39, 0.29) is 11.9 Å². The van der Waals surface area contributed by atoms with Crippen LogP contribution in [0.5, 0.6) is 0 Å². The molecule has 1 amide bonds. The van der Waals surface area contributed by atoms with E-state index in [2.05, 4.69) is 5.32 Å². The Morgan fingerprint density at radius 1 is 1.13 bits per heavy atom. The third kappa shape index (κ3) is 5.22. The number of rotatable bonds is 6. The van der Waals surface area contributed by atoms with Gasteiger partial charge in [-0.1, -0.05) is 54.1 Å². The summed E-state index contributed by atoms with van der Waals surface area (Å²) in [6, 6.07) is 15.6. The van der Waals surface area contributed by atoms with Gasteiger partial charge in [-0.3, -0.25) is 4.79 Å². The minimum absolute atomic E-state index is 0.0571. The van der Waals surface area contributed by atoms with Gasteiger partial charge in [0.05, 0.1) is 18.6 Å². The summed E-state index contributed by atoms with van der Waals surface area (Å²) in [6.45, 7) is 5.87. The second-order valence-corrected chi connectivity index (χ2v) is 6.22. The predicted molar refractivity (Wildman–Crippen MR) is 93.4 cm³/mol. The van der Waals surface area contributed by atoms with Crippen LogP contribution >= 0.6 is 0 Å². The van der Waals surface area contributed by atoms with Crippen LogP contribution in [0.1, 0.15) is 29.2 Å². The quantitative estimate of drug-likeness (QED) is 0.862. The van der Waals surface area contributed by atoms with Gasteiger partial charge < -0.3 is 10.4 Å².